The van der Waals surface area contributed by atoms with E-state index in [1.807, 2.05) is 0 Å². The molecule has 0 aliphatic carbocycles. The number of hydrogen-bond acceptors (Lipinski definition) is 1. The number of nitrogens with zero attached hydrogens (tertiary/aromatic N) is 1. The van der Waals surface area contributed by atoms with Gasteiger partial charge in [-0.2, -0.15) is 0 Å². The molecule has 1 fully saturated rings. The molecule has 0 spiro atoms. The van der Waals surface area contributed by atoms with Gasteiger partial charge in [0.2, 0.25) is 0 Å². The lowest BCUT2D eigenvalue weighted by atomic mass is 9.95. The maximum absolute atomic E-state index is 13.2. The van der Waals surface area contributed by atoms with Crippen LogP contribution in [0.25, 0.3) is 0 Å². The summed E-state index contributed by atoms with van der Waals surface area (Å²) in [6.45, 7) is 0.614. The fourth-order valence-corrected chi connectivity index (χ4v) is 2.43. The van der Waals surface area contributed by atoms with Crippen LogP contribution < -0.4 is 5.32 Å². The number of piperidine rings is 1. The van der Waals surface area contributed by atoms with E-state index in [2.05, 4.69) is 5.32 Å². The Morgan fingerprint density at radius 3 is 2.56 bits per heavy atom. The van der Waals surface area contributed by atoms with Crippen LogP contribution in [0.3, 0.4) is 0 Å². The van der Waals surface area contributed by atoms with Gasteiger partial charge < -0.3 is 10.2 Å². The van der Waals surface area contributed by atoms with Gasteiger partial charge in [-0.3, -0.25) is 0 Å². The molecule has 5 heteroatoms. The van der Waals surface area contributed by atoms with E-state index in [1.165, 1.54) is 12.1 Å². The molecule has 2 rings (SSSR count). The summed E-state index contributed by atoms with van der Waals surface area (Å²) in [7, 11) is 1.56. The number of rotatable bonds is 1. The van der Waals surface area contributed by atoms with Crippen molar-refractivity contribution in [1.82, 2.24) is 10.2 Å². The Morgan fingerprint density at radius 1 is 1.28 bits per heavy atom. The van der Waals surface area contributed by atoms with Crippen LogP contribution in [0.4, 0.5) is 13.6 Å². The smallest absolute Gasteiger partial charge is 0.317 e. The van der Waals surface area contributed by atoms with E-state index in [0.717, 1.165) is 25.3 Å². The lowest BCUT2D eigenvalue weighted by Crippen LogP contribution is -2.43. The SMILES string of the molecule is CNC(=O)N1CCCCC1c1cc(F)cc(F)c1. The van der Waals surface area contributed by atoms with Gasteiger partial charge in [-0.05, 0) is 37.0 Å². The fraction of sp³-hybridized carbons (Fsp3) is 0.462. The van der Waals surface area contributed by atoms with Crippen LogP contribution in [0.15, 0.2) is 18.2 Å². The number of nitrogens with one attached hydrogen (secondary N) is 1. The van der Waals surface area contributed by atoms with Crippen molar-refractivity contribution in [3.63, 3.8) is 0 Å². The normalized spacial score (nSPS) is 19.7. The van der Waals surface area contributed by atoms with Crippen LogP contribution in [0.2, 0.25) is 0 Å². The zero-order valence-corrected chi connectivity index (χ0v) is 10.2. The summed E-state index contributed by atoms with van der Waals surface area (Å²) in [5, 5.41) is 2.56. The summed E-state index contributed by atoms with van der Waals surface area (Å²) < 4.78 is 26.5. The first-order valence-corrected chi connectivity index (χ1v) is 6.06. The second kappa shape index (κ2) is 5.33. The topological polar surface area (TPSA) is 32.3 Å². The Labute approximate surface area is 105 Å². The Kier molecular flexibility index (Phi) is 3.79. The molecule has 1 aromatic carbocycles. The van der Waals surface area contributed by atoms with Gasteiger partial charge in [0.25, 0.3) is 0 Å². The van der Waals surface area contributed by atoms with Crippen molar-refractivity contribution in [3.8, 4) is 0 Å². The maximum Gasteiger partial charge on any atom is 0.317 e. The molecule has 2 amide bonds. The quantitative estimate of drug-likeness (QED) is 0.821. The number of hydrogen-bond donors (Lipinski definition) is 1. The highest BCUT2D eigenvalue weighted by Crippen LogP contribution is 2.31. The monoisotopic (exact) mass is 254 g/mol. The minimum atomic E-state index is -0.604. The molecule has 1 atom stereocenters. The predicted octanol–water partition coefficient (Wildman–Crippen LogP) is 2.83. The van der Waals surface area contributed by atoms with Gasteiger partial charge in [0.05, 0.1) is 6.04 Å². The van der Waals surface area contributed by atoms with Gasteiger partial charge in [0.15, 0.2) is 0 Å². The summed E-state index contributed by atoms with van der Waals surface area (Å²) in [5.41, 5.74) is 0.524. The lowest BCUT2D eigenvalue weighted by Gasteiger charge is -2.35. The molecule has 98 valence electrons. The van der Waals surface area contributed by atoms with Crippen molar-refractivity contribution in [2.24, 2.45) is 0 Å². The molecule has 1 N–H and O–H groups in total. The van der Waals surface area contributed by atoms with Crippen molar-refractivity contribution in [2.45, 2.75) is 25.3 Å². The minimum Gasteiger partial charge on any atom is -0.341 e. The van der Waals surface area contributed by atoms with E-state index in [0.29, 0.717) is 12.1 Å². The number of halogens is 2. The van der Waals surface area contributed by atoms with Crippen molar-refractivity contribution < 1.29 is 13.6 Å². The van der Waals surface area contributed by atoms with Crippen molar-refractivity contribution >= 4 is 6.03 Å². The average molecular weight is 254 g/mol. The molecule has 18 heavy (non-hydrogen) atoms. The third-order valence-electron chi connectivity index (χ3n) is 3.25. The molecule has 0 saturated carbocycles. The first-order valence-electron chi connectivity index (χ1n) is 6.06. The minimum absolute atomic E-state index is 0.204. The molecular weight excluding hydrogens is 238 g/mol. The van der Waals surface area contributed by atoms with Crippen LogP contribution in [0, 0.1) is 11.6 Å². The largest absolute Gasteiger partial charge is 0.341 e. The van der Waals surface area contributed by atoms with Gasteiger partial charge in [-0.1, -0.05) is 0 Å². The van der Waals surface area contributed by atoms with Crippen LogP contribution in [-0.2, 0) is 0 Å². The molecule has 1 aliphatic heterocycles. The number of carbonyl (C=O) groups excluding carboxylic acids is 1. The van der Waals surface area contributed by atoms with Crippen molar-refractivity contribution in [3.05, 3.63) is 35.4 Å². The fourth-order valence-electron chi connectivity index (χ4n) is 2.43. The molecule has 0 aromatic heterocycles. The highest BCUT2D eigenvalue weighted by atomic mass is 19.1. The Balaban J connectivity index is 2.30. The van der Waals surface area contributed by atoms with Crippen LogP contribution in [0.5, 0.6) is 0 Å². The van der Waals surface area contributed by atoms with E-state index in [1.54, 1.807) is 11.9 Å². The molecule has 1 aromatic rings. The third-order valence-corrected chi connectivity index (χ3v) is 3.25. The van der Waals surface area contributed by atoms with E-state index in [4.69, 9.17) is 0 Å². The summed E-state index contributed by atoms with van der Waals surface area (Å²) in [4.78, 5) is 13.4. The average Bonchev–Trinajstić information content (AvgIpc) is 2.36. The molecule has 0 radical (unpaired) electrons. The summed E-state index contributed by atoms with van der Waals surface area (Å²) in [6.07, 6.45) is 2.61. The molecule has 1 aliphatic rings. The number of carbonyl (C=O) groups is 1. The summed E-state index contributed by atoms with van der Waals surface area (Å²) in [6, 6.07) is 2.99. The van der Waals surface area contributed by atoms with E-state index >= 15 is 0 Å². The second-order valence-corrected chi connectivity index (χ2v) is 4.46. The van der Waals surface area contributed by atoms with Crippen LogP contribution in [0.1, 0.15) is 30.9 Å². The van der Waals surface area contributed by atoms with Gasteiger partial charge >= 0.3 is 6.03 Å². The first-order chi connectivity index (χ1) is 8.61. The maximum atomic E-state index is 13.2. The van der Waals surface area contributed by atoms with Crippen LogP contribution >= 0.6 is 0 Å². The van der Waals surface area contributed by atoms with E-state index in [9.17, 15) is 13.6 Å². The number of urea groups is 1. The Bertz CT molecular complexity index is 430. The Hall–Kier alpha value is -1.65. The molecule has 3 nitrogen and oxygen atoms in total. The lowest BCUT2D eigenvalue weighted by molar-refractivity contribution is 0.153. The molecule has 1 unspecified atom stereocenters. The van der Waals surface area contributed by atoms with Gasteiger partial charge in [-0.25, -0.2) is 13.6 Å². The predicted molar refractivity (Wildman–Crippen MR) is 64.1 cm³/mol. The number of benzene rings is 1. The van der Waals surface area contributed by atoms with Gasteiger partial charge in [0, 0.05) is 19.7 Å². The van der Waals surface area contributed by atoms with E-state index in [-0.39, 0.29) is 12.1 Å². The van der Waals surface area contributed by atoms with Gasteiger partial charge in [0.1, 0.15) is 11.6 Å². The van der Waals surface area contributed by atoms with Crippen LogP contribution in [-0.4, -0.2) is 24.5 Å². The number of likely N-dealkylation sites (tertiary alicyclic amines) is 1. The third kappa shape index (κ3) is 2.60. The van der Waals surface area contributed by atoms with Crippen molar-refractivity contribution in [1.29, 1.82) is 0 Å². The molecule has 1 heterocycles. The molecular formula is C13H16F2N2O. The zero-order valence-electron chi connectivity index (χ0n) is 10.2. The first kappa shape index (κ1) is 12.8. The van der Waals surface area contributed by atoms with Gasteiger partial charge in [-0.15, -0.1) is 0 Å². The highest BCUT2D eigenvalue weighted by Gasteiger charge is 2.27. The summed E-state index contributed by atoms with van der Waals surface area (Å²) >= 11 is 0. The summed E-state index contributed by atoms with van der Waals surface area (Å²) in [5.74, 6) is -1.21. The molecule has 0 bridgehead atoms. The highest BCUT2D eigenvalue weighted by molar-refractivity contribution is 5.74. The zero-order chi connectivity index (χ0) is 13.1. The Morgan fingerprint density at radius 2 is 1.94 bits per heavy atom. The number of amides is 2. The molecule has 1 saturated heterocycles. The second-order valence-electron chi connectivity index (χ2n) is 4.46. The van der Waals surface area contributed by atoms with Crippen molar-refractivity contribution in [2.75, 3.05) is 13.6 Å². The van der Waals surface area contributed by atoms with E-state index < -0.39 is 11.6 Å². The standard InChI is InChI=1S/C13H16F2N2O/c1-16-13(18)17-5-3-2-4-12(17)9-6-10(14)8-11(15)7-9/h6-8,12H,2-5H2,1H3,(H,16,18).